The summed E-state index contributed by atoms with van der Waals surface area (Å²) in [6.45, 7) is 5.58. The second kappa shape index (κ2) is 9.93. The number of pyridine rings is 1. The summed E-state index contributed by atoms with van der Waals surface area (Å²) in [7, 11) is 0. The van der Waals surface area contributed by atoms with Crippen LogP contribution in [0.1, 0.15) is 10.4 Å². The van der Waals surface area contributed by atoms with E-state index in [1.807, 2.05) is 47.6 Å². The fourth-order valence-electron chi connectivity index (χ4n) is 3.92. The molecule has 0 bridgehead atoms. The Morgan fingerprint density at radius 2 is 1.64 bits per heavy atom. The number of rotatable bonds is 5. The summed E-state index contributed by atoms with van der Waals surface area (Å²) in [6, 6.07) is 11.3. The molecule has 5 rings (SSSR count). The number of morpholine rings is 2. The zero-order valence-corrected chi connectivity index (χ0v) is 18.3. The number of nitrogens with zero attached hydrogens (tertiary/aromatic N) is 5. The topological polar surface area (TPSA) is 92.7 Å². The number of amides is 1. The lowest BCUT2D eigenvalue weighted by Gasteiger charge is -2.28. The molecular weight excluding hydrogens is 420 g/mol. The van der Waals surface area contributed by atoms with Crippen LogP contribution in [0.4, 0.5) is 17.3 Å². The van der Waals surface area contributed by atoms with Crippen LogP contribution in [0.3, 0.4) is 0 Å². The van der Waals surface area contributed by atoms with Crippen LogP contribution >= 0.6 is 0 Å². The first kappa shape index (κ1) is 21.3. The summed E-state index contributed by atoms with van der Waals surface area (Å²) in [5.74, 6) is 0.507. The summed E-state index contributed by atoms with van der Waals surface area (Å²) in [4.78, 5) is 30.1. The van der Waals surface area contributed by atoms with Gasteiger partial charge < -0.3 is 24.6 Å². The summed E-state index contributed by atoms with van der Waals surface area (Å²) in [6.07, 6.45) is 5.40. The predicted molar refractivity (Wildman–Crippen MR) is 125 cm³/mol. The second-order valence-electron chi connectivity index (χ2n) is 7.90. The highest BCUT2D eigenvalue weighted by molar-refractivity contribution is 5.94. The molecule has 4 heterocycles. The summed E-state index contributed by atoms with van der Waals surface area (Å²) < 4.78 is 10.8. The first-order valence-corrected chi connectivity index (χ1v) is 11.1. The van der Waals surface area contributed by atoms with Crippen molar-refractivity contribution in [2.24, 2.45) is 0 Å². The monoisotopic (exact) mass is 446 g/mol. The number of anilines is 3. The highest BCUT2D eigenvalue weighted by Crippen LogP contribution is 2.24. The molecule has 2 aromatic heterocycles. The molecule has 0 saturated carbocycles. The largest absolute Gasteiger partial charge is 0.378 e. The van der Waals surface area contributed by atoms with Crippen molar-refractivity contribution in [3.05, 3.63) is 60.6 Å². The Hall–Kier alpha value is -3.56. The molecular formula is C24H26N6O3. The number of nitrogens with one attached hydrogen (secondary N) is 1. The van der Waals surface area contributed by atoms with Gasteiger partial charge in [0, 0.05) is 55.4 Å². The van der Waals surface area contributed by atoms with E-state index in [9.17, 15) is 4.79 Å². The van der Waals surface area contributed by atoms with Gasteiger partial charge in [0.15, 0.2) is 0 Å². The van der Waals surface area contributed by atoms with Gasteiger partial charge in [0.25, 0.3) is 5.91 Å². The van der Waals surface area contributed by atoms with E-state index in [1.165, 1.54) is 0 Å². The van der Waals surface area contributed by atoms with Gasteiger partial charge in [0.05, 0.1) is 44.0 Å². The highest BCUT2D eigenvalue weighted by atomic mass is 16.5. The van der Waals surface area contributed by atoms with Gasteiger partial charge in [-0.3, -0.25) is 9.78 Å². The maximum Gasteiger partial charge on any atom is 0.254 e. The van der Waals surface area contributed by atoms with Crippen molar-refractivity contribution in [1.82, 2.24) is 19.9 Å². The van der Waals surface area contributed by atoms with E-state index >= 15 is 0 Å². The van der Waals surface area contributed by atoms with E-state index in [1.54, 1.807) is 6.20 Å². The van der Waals surface area contributed by atoms with Crippen LogP contribution in [0, 0.1) is 0 Å². The quantitative estimate of drug-likeness (QED) is 0.639. The number of carbonyl (C=O) groups excluding carboxylic acids is 1. The molecule has 170 valence electrons. The molecule has 2 aliphatic rings. The maximum atomic E-state index is 12.6. The molecule has 1 aromatic carbocycles. The molecule has 2 fully saturated rings. The van der Waals surface area contributed by atoms with Gasteiger partial charge in [0.2, 0.25) is 5.95 Å². The van der Waals surface area contributed by atoms with Crippen molar-refractivity contribution in [2.75, 3.05) is 62.8 Å². The van der Waals surface area contributed by atoms with Crippen LogP contribution < -0.4 is 10.2 Å². The van der Waals surface area contributed by atoms with Crippen LogP contribution in [-0.2, 0) is 9.47 Å². The van der Waals surface area contributed by atoms with E-state index in [4.69, 9.17) is 9.47 Å². The average molecular weight is 447 g/mol. The van der Waals surface area contributed by atoms with Crippen LogP contribution in [0.2, 0.25) is 0 Å². The van der Waals surface area contributed by atoms with Gasteiger partial charge >= 0.3 is 0 Å². The Morgan fingerprint density at radius 1 is 0.909 bits per heavy atom. The highest BCUT2D eigenvalue weighted by Gasteiger charge is 2.18. The van der Waals surface area contributed by atoms with E-state index in [2.05, 4.69) is 31.2 Å². The van der Waals surface area contributed by atoms with Crippen molar-refractivity contribution in [2.45, 2.75) is 0 Å². The Kier molecular flexibility index (Phi) is 6.41. The second-order valence-corrected chi connectivity index (χ2v) is 7.90. The van der Waals surface area contributed by atoms with Gasteiger partial charge in [-0.25, -0.2) is 9.97 Å². The molecule has 0 spiro atoms. The van der Waals surface area contributed by atoms with Crippen LogP contribution in [0.5, 0.6) is 0 Å². The zero-order chi connectivity index (χ0) is 22.5. The van der Waals surface area contributed by atoms with Crippen molar-refractivity contribution in [1.29, 1.82) is 0 Å². The first-order chi connectivity index (χ1) is 16.3. The van der Waals surface area contributed by atoms with Gasteiger partial charge in [-0.2, -0.15) is 0 Å². The third-order valence-corrected chi connectivity index (χ3v) is 5.74. The molecule has 2 saturated heterocycles. The van der Waals surface area contributed by atoms with Crippen molar-refractivity contribution >= 4 is 23.2 Å². The van der Waals surface area contributed by atoms with Crippen molar-refractivity contribution < 1.29 is 14.3 Å². The third kappa shape index (κ3) is 5.10. The molecule has 9 nitrogen and oxygen atoms in total. The molecule has 1 amide bonds. The van der Waals surface area contributed by atoms with E-state index < -0.39 is 0 Å². The molecule has 0 unspecified atom stereocenters. The Morgan fingerprint density at radius 3 is 2.39 bits per heavy atom. The van der Waals surface area contributed by atoms with E-state index in [0.29, 0.717) is 37.8 Å². The maximum absolute atomic E-state index is 12.6. The van der Waals surface area contributed by atoms with E-state index in [-0.39, 0.29) is 5.91 Å². The van der Waals surface area contributed by atoms with E-state index in [0.717, 1.165) is 48.9 Å². The van der Waals surface area contributed by atoms with Gasteiger partial charge in [-0.1, -0.05) is 0 Å². The van der Waals surface area contributed by atoms with Crippen LogP contribution in [0.25, 0.3) is 11.3 Å². The minimum Gasteiger partial charge on any atom is -0.378 e. The zero-order valence-electron chi connectivity index (χ0n) is 18.3. The molecule has 0 radical (unpaired) electrons. The lowest BCUT2D eigenvalue weighted by Crippen LogP contribution is -2.40. The molecule has 9 heteroatoms. The number of carbonyl (C=O) groups is 1. The summed E-state index contributed by atoms with van der Waals surface area (Å²) >= 11 is 0. The predicted octanol–water partition coefficient (Wildman–Crippen LogP) is 2.59. The van der Waals surface area contributed by atoms with Crippen molar-refractivity contribution in [3.8, 4) is 11.3 Å². The normalized spacial score (nSPS) is 16.5. The summed E-state index contributed by atoms with van der Waals surface area (Å²) in [5, 5.41) is 3.22. The molecule has 0 atom stereocenters. The van der Waals surface area contributed by atoms with Gasteiger partial charge in [-0.15, -0.1) is 0 Å². The average Bonchev–Trinajstić information content (AvgIpc) is 2.90. The minimum absolute atomic E-state index is 0.0238. The standard InChI is InChI=1S/C24H26N6O3/c31-23(30-9-13-33-14-10-30)18-1-3-20(4-2-18)27-24-26-6-5-22(28-24)19-15-21(17-25-16-19)29-7-11-32-12-8-29/h1-6,15-17H,7-14H2,(H,26,27,28). The first-order valence-electron chi connectivity index (χ1n) is 11.1. The molecule has 1 N–H and O–H groups in total. The number of benzene rings is 1. The molecule has 33 heavy (non-hydrogen) atoms. The van der Waals surface area contributed by atoms with Crippen molar-refractivity contribution in [3.63, 3.8) is 0 Å². The molecule has 3 aromatic rings. The molecule has 2 aliphatic heterocycles. The number of ether oxygens (including phenoxy) is 2. The van der Waals surface area contributed by atoms with Gasteiger partial charge in [-0.05, 0) is 36.4 Å². The van der Waals surface area contributed by atoms with Gasteiger partial charge in [0.1, 0.15) is 0 Å². The lowest BCUT2D eigenvalue weighted by atomic mass is 10.1. The Labute approximate surface area is 192 Å². The summed E-state index contributed by atoms with van der Waals surface area (Å²) in [5.41, 5.74) is 4.24. The minimum atomic E-state index is 0.0238. The Bertz CT molecular complexity index is 1100. The molecule has 0 aliphatic carbocycles. The fourth-order valence-corrected chi connectivity index (χ4v) is 3.92. The number of aromatic nitrogens is 3. The fraction of sp³-hybridized carbons (Fsp3) is 0.333. The van der Waals surface area contributed by atoms with Crippen LogP contribution in [-0.4, -0.2) is 78.4 Å². The number of hydrogen-bond donors (Lipinski definition) is 1. The SMILES string of the molecule is O=C(c1ccc(Nc2nccc(-c3cncc(N4CCOCC4)c3)n2)cc1)N1CCOCC1. The Balaban J connectivity index is 1.28. The smallest absolute Gasteiger partial charge is 0.254 e. The van der Waals surface area contributed by atoms with Crippen LogP contribution in [0.15, 0.2) is 55.0 Å². The third-order valence-electron chi connectivity index (χ3n) is 5.74. The number of hydrogen-bond acceptors (Lipinski definition) is 8. The lowest BCUT2D eigenvalue weighted by molar-refractivity contribution is 0.0303.